The number of nitro groups is 1. The molecule has 4 rings (SSSR count). The Bertz CT molecular complexity index is 1750. The van der Waals surface area contributed by atoms with Crippen LogP contribution < -0.4 is 14.4 Å². The minimum Gasteiger partial charge on any atom is -0.495 e. The van der Waals surface area contributed by atoms with Gasteiger partial charge in [-0.15, -0.1) is 0 Å². The summed E-state index contributed by atoms with van der Waals surface area (Å²) in [6.07, 6.45) is 3.60. The zero-order valence-electron chi connectivity index (χ0n) is 25.3. The molecule has 0 saturated heterocycles. The summed E-state index contributed by atoms with van der Waals surface area (Å²) in [7, 11) is -3.34. The van der Waals surface area contributed by atoms with E-state index in [1.54, 1.807) is 19.1 Å². The van der Waals surface area contributed by atoms with Crippen molar-refractivity contribution in [3.63, 3.8) is 0 Å². The third-order valence-corrected chi connectivity index (χ3v) is 10.5. The number of nitrogens with one attached hydrogen (secondary N) is 1. The molecular formula is C31H33Cl3N4O7S. The second-order valence-corrected chi connectivity index (χ2v) is 14.1. The van der Waals surface area contributed by atoms with Crippen molar-refractivity contribution < 1.29 is 27.7 Å². The maximum atomic E-state index is 14.3. The molecule has 0 unspecified atom stereocenters. The van der Waals surface area contributed by atoms with Gasteiger partial charge in [0.15, 0.2) is 0 Å². The molecule has 15 heteroatoms. The molecule has 1 N–H and O–H groups in total. The van der Waals surface area contributed by atoms with E-state index >= 15 is 0 Å². The molecule has 0 aromatic heterocycles. The van der Waals surface area contributed by atoms with Crippen LogP contribution in [0.1, 0.15) is 43.7 Å². The van der Waals surface area contributed by atoms with Gasteiger partial charge in [-0.05, 0) is 68.7 Å². The van der Waals surface area contributed by atoms with Gasteiger partial charge in [0.1, 0.15) is 18.3 Å². The van der Waals surface area contributed by atoms with Gasteiger partial charge in [-0.3, -0.25) is 24.0 Å². The Hall–Kier alpha value is -3.58. The minimum atomic E-state index is -4.66. The predicted octanol–water partition coefficient (Wildman–Crippen LogP) is 6.54. The lowest BCUT2D eigenvalue weighted by atomic mass is 10.1. The fraction of sp³-hybridized carbons (Fsp3) is 0.355. The molecule has 0 radical (unpaired) electrons. The number of ether oxygens (including phenoxy) is 1. The number of carbonyl (C=O) groups is 2. The van der Waals surface area contributed by atoms with Crippen LogP contribution in [0.15, 0.2) is 59.5 Å². The van der Waals surface area contributed by atoms with Crippen LogP contribution in [-0.4, -0.2) is 55.8 Å². The summed E-state index contributed by atoms with van der Waals surface area (Å²) in [5.74, 6) is -1.09. The van der Waals surface area contributed by atoms with Gasteiger partial charge in [0.25, 0.3) is 15.7 Å². The van der Waals surface area contributed by atoms with Crippen LogP contribution >= 0.6 is 34.8 Å². The SMILES string of the molecule is COc1ccc(Cl)cc1N(CC(=O)N(Cc1ccc(Cl)cc1Cl)[C@H](C)C(=O)NC1CCCC1)S(=O)(=O)c1ccc(C)c([N+](=O)[O-])c1. The summed E-state index contributed by atoms with van der Waals surface area (Å²) in [5, 5.41) is 15.4. The van der Waals surface area contributed by atoms with Crippen molar-refractivity contribution in [2.45, 2.75) is 63.1 Å². The number of sulfonamides is 1. The quantitative estimate of drug-likeness (QED) is 0.166. The van der Waals surface area contributed by atoms with Crippen LogP contribution in [0.25, 0.3) is 0 Å². The average Bonchev–Trinajstić information content (AvgIpc) is 3.52. The van der Waals surface area contributed by atoms with Crippen molar-refractivity contribution in [3.8, 4) is 5.75 Å². The fourth-order valence-corrected chi connectivity index (χ4v) is 7.32. The van der Waals surface area contributed by atoms with Crippen molar-refractivity contribution in [1.82, 2.24) is 10.2 Å². The van der Waals surface area contributed by atoms with Crippen LogP contribution in [0, 0.1) is 17.0 Å². The number of halogens is 3. The fourth-order valence-electron chi connectivity index (χ4n) is 5.25. The van der Waals surface area contributed by atoms with Gasteiger partial charge >= 0.3 is 0 Å². The normalized spacial score (nSPS) is 14.0. The van der Waals surface area contributed by atoms with Gasteiger partial charge in [0.2, 0.25) is 11.8 Å². The molecule has 0 bridgehead atoms. The molecule has 46 heavy (non-hydrogen) atoms. The highest BCUT2D eigenvalue weighted by Crippen LogP contribution is 2.36. The average molecular weight is 712 g/mol. The van der Waals surface area contributed by atoms with Crippen LogP contribution in [0.4, 0.5) is 11.4 Å². The maximum Gasteiger partial charge on any atom is 0.273 e. The zero-order chi connectivity index (χ0) is 33.8. The number of amides is 2. The van der Waals surface area contributed by atoms with E-state index in [1.165, 1.54) is 55.3 Å². The lowest BCUT2D eigenvalue weighted by Crippen LogP contribution is -2.52. The zero-order valence-corrected chi connectivity index (χ0v) is 28.4. The van der Waals surface area contributed by atoms with E-state index in [0.29, 0.717) is 10.6 Å². The highest BCUT2D eigenvalue weighted by atomic mass is 35.5. The summed E-state index contributed by atoms with van der Waals surface area (Å²) in [4.78, 5) is 39.5. The van der Waals surface area contributed by atoms with Crippen LogP contribution in [0.5, 0.6) is 5.75 Å². The highest BCUT2D eigenvalue weighted by molar-refractivity contribution is 7.92. The van der Waals surface area contributed by atoms with Crippen molar-refractivity contribution in [2.24, 2.45) is 0 Å². The second kappa shape index (κ2) is 14.9. The number of carbonyl (C=O) groups excluding carboxylic acids is 2. The first kappa shape index (κ1) is 35.3. The Morgan fingerprint density at radius 3 is 2.33 bits per heavy atom. The lowest BCUT2D eigenvalue weighted by molar-refractivity contribution is -0.385. The molecule has 11 nitrogen and oxygen atoms in total. The van der Waals surface area contributed by atoms with Crippen molar-refractivity contribution in [3.05, 3.63) is 90.9 Å². The first-order valence-electron chi connectivity index (χ1n) is 14.4. The van der Waals surface area contributed by atoms with Crippen LogP contribution in [0.2, 0.25) is 15.1 Å². The standard InChI is InChI=1S/C31H33Cl3N4O7S/c1-19-8-12-25(16-27(19)38(41)42)46(43,44)37(28-15-23(33)11-13-29(28)45-3)18-30(39)36(17-21-9-10-22(32)14-26(21)34)20(2)31(40)35-24-6-4-5-7-24/h8-16,20,24H,4-7,17-18H2,1-3H3,(H,35,40)/t20-/m1/s1. The molecule has 0 heterocycles. The lowest BCUT2D eigenvalue weighted by Gasteiger charge is -2.33. The Kier molecular flexibility index (Phi) is 11.4. The molecule has 3 aromatic rings. The van der Waals surface area contributed by atoms with Crippen LogP contribution in [0.3, 0.4) is 0 Å². The van der Waals surface area contributed by atoms with Gasteiger partial charge in [-0.1, -0.05) is 59.8 Å². The van der Waals surface area contributed by atoms with Gasteiger partial charge < -0.3 is 15.0 Å². The van der Waals surface area contributed by atoms with Gasteiger partial charge in [-0.25, -0.2) is 8.42 Å². The Balaban J connectivity index is 1.80. The number of nitrogens with zero attached hydrogens (tertiary/aromatic N) is 3. The van der Waals surface area contributed by atoms with Gasteiger partial charge in [-0.2, -0.15) is 0 Å². The number of hydrogen-bond donors (Lipinski definition) is 1. The third kappa shape index (κ3) is 8.03. The number of hydrogen-bond acceptors (Lipinski definition) is 7. The van der Waals surface area contributed by atoms with E-state index in [2.05, 4.69) is 5.32 Å². The monoisotopic (exact) mass is 710 g/mol. The first-order chi connectivity index (χ1) is 21.7. The van der Waals surface area contributed by atoms with E-state index in [9.17, 15) is 28.1 Å². The molecule has 3 aromatic carbocycles. The van der Waals surface area contributed by atoms with E-state index in [0.717, 1.165) is 36.1 Å². The van der Waals surface area contributed by atoms with Gasteiger partial charge in [0, 0.05) is 39.3 Å². The summed E-state index contributed by atoms with van der Waals surface area (Å²) >= 11 is 18.8. The van der Waals surface area contributed by atoms with E-state index in [-0.39, 0.29) is 39.6 Å². The van der Waals surface area contributed by atoms with E-state index < -0.39 is 49.9 Å². The van der Waals surface area contributed by atoms with Crippen molar-refractivity contribution in [1.29, 1.82) is 0 Å². The van der Waals surface area contributed by atoms with Crippen LogP contribution in [-0.2, 0) is 26.2 Å². The number of aryl methyl sites for hydroxylation is 1. The molecule has 1 aliphatic carbocycles. The molecule has 1 atom stereocenters. The van der Waals surface area contributed by atoms with E-state index in [4.69, 9.17) is 39.5 Å². The molecular weight excluding hydrogens is 679 g/mol. The number of methoxy groups -OCH3 is 1. The summed E-state index contributed by atoms with van der Waals surface area (Å²) in [5.41, 5.74) is 0.226. The first-order valence-corrected chi connectivity index (χ1v) is 17.0. The van der Waals surface area contributed by atoms with Crippen molar-refractivity contribution >= 4 is 68.0 Å². The summed E-state index contributed by atoms with van der Waals surface area (Å²) in [6, 6.07) is 11.3. The molecule has 246 valence electrons. The van der Waals surface area contributed by atoms with E-state index in [1.807, 2.05) is 0 Å². The smallest absolute Gasteiger partial charge is 0.273 e. The molecule has 1 aliphatic rings. The second-order valence-electron chi connectivity index (χ2n) is 11.0. The number of benzene rings is 3. The largest absolute Gasteiger partial charge is 0.495 e. The van der Waals surface area contributed by atoms with Gasteiger partial charge in [0.05, 0.1) is 22.6 Å². The number of rotatable bonds is 12. The molecule has 1 fully saturated rings. The topological polar surface area (TPSA) is 139 Å². The van der Waals surface area contributed by atoms with Crippen molar-refractivity contribution in [2.75, 3.05) is 18.0 Å². The molecule has 0 spiro atoms. The molecule has 0 aliphatic heterocycles. The Labute approximate surface area is 282 Å². The predicted molar refractivity (Wildman–Crippen MR) is 177 cm³/mol. The molecule has 2 amide bonds. The highest BCUT2D eigenvalue weighted by Gasteiger charge is 2.35. The Morgan fingerprint density at radius 2 is 1.70 bits per heavy atom. The number of anilines is 1. The minimum absolute atomic E-state index is 0.0315. The Morgan fingerprint density at radius 1 is 1.04 bits per heavy atom. The number of nitro benzene ring substituents is 1. The summed E-state index contributed by atoms with van der Waals surface area (Å²) in [6.45, 7) is 2.07. The molecule has 1 saturated carbocycles. The third-order valence-electron chi connectivity index (χ3n) is 7.88. The summed E-state index contributed by atoms with van der Waals surface area (Å²) < 4.78 is 34.7. The maximum absolute atomic E-state index is 14.3.